The molecule has 0 amide bonds. The van der Waals surface area contributed by atoms with Crippen LogP contribution in [0.5, 0.6) is 11.5 Å². The Morgan fingerprint density at radius 3 is 2.28 bits per heavy atom. The molecule has 0 aliphatic carbocycles. The Labute approximate surface area is 123 Å². The van der Waals surface area contributed by atoms with Crippen LogP contribution in [0.3, 0.4) is 0 Å². The SMILES string of the molecule is CCC(C)CC(Br)c1cc(OC)c(OC)cc1Cl. The van der Waals surface area contributed by atoms with Gasteiger partial charge in [0.15, 0.2) is 11.5 Å². The molecule has 0 heterocycles. The van der Waals surface area contributed by atoms with E-state index in [0.717, 1.165) is 18.4 Å². The molecule has 18 heavy (non-hydrogen) atoms. The van der Waals surface area contributed by atoms with Crippen LogP contribution in [0, 0.1) is 5.92 Å². The van der Waals surface area contributed by atoms with Crippen LogP contribution in [0.2, 0.25) is 5.02 Å². The van der Waals surface area contributed by atoms with E-state index in [1.165, 1.54) is 0 Å². The number of benzene rings is 1. The minimum absolute atomic E-state index is 0.236. The van der Waals surface area contributed by atoms with Gasteiger partial charge in [0, 0.05) is 15.9 Å². The summed E-state index contributed by atoms with van der Waals surface area (Å²) in [4.78, 5) is 0.236. The Hall–Kier alpha value is -0.410. The van der Waals surface area contributed by atoms with Crippen LogP contribution < -0.4 is 9.47 Å². The highest BCUT2D eigenvalue weighted by atomic mass is 79.9. The van der Waals surface area contributed by atoms with Gasteiger partial charge in [0.25, 0.3) is 0 Å². The lowest BCUT2D eigenvalue weighted by atomic mass is 9.98. The van der Waals surface area contributed by atoms with Gasteiger partial charge in [-0.2, -0.15) is 0 Å². The Bertz CT molecular complexity index is 396. The maximum atomic E-state index is 6.29. The van der Waals surface area contributed by atoms with Gasteiger partial charge in [0.05, 0.1) is 14.2 Å². The second kappa shape index (κ2) is 7.25. The topological polar surface area (TPSA) is 18.5 Å². The van der Waals surface area contributed by atoms with E-state index in [1.54, 1.807) is 20.3 Å². The molecule has 0 saturated carbocycles. The summed E-state index contributed by atoms with van der Waals surface area (Å²) in [5, 5.41) is 0.706. The summed E-state index contributed by atoms with van der Waals surface area (Å²) in [6.45, 7) is 4.43. The van der Waals surface area contributed by atoms with E-state index in [4.69, 9.17) is 21.1 Å². The van der Waals surface area contributed by atoms with Crippen molar-refractivity contribution in [1.82, 2.24) is 0 Å². The molecular weight excluding hydrogens is 316 g/mol. The molecule has 1 aromatic carbocycles. The van der Waals surface area contributed by atoms with Crippen molar-refractivity contribution in [1.29, 1.82) is 0 Å². The van der Waals surface area contributed by atoms with Crippen molar-refractivity contribution in [3.05, 3.63) is 22.7 Å². The zero-order valence-corrected chi connectivity index (χ0v) is 13.6. The van der Waals surface area contributed by atoms with Gasteiger partial charge in [-0.3, -0.25) is 0 Å². The second-order valence-corrected chi connectivity index (χ2v) is 5.96. The van der Waals surface area contributed by atoms with E-state index in [1.807, 2.05) is 6.07 Å². The maximum absolute atomic E-state index is 6.29. The fourth-order valence-electron chi connectivity index (χ4n) is 1.76. The highest BCUT2D eigenvalue weighted by Crippen LogP contribution is 2.41. The average molecular weight is 336 g/mol. The summed E-state index contributed by atoms with van der Waals surface area (Å²) >= 11 is 10.0. The summed E-state index contributed by atoms with van der Waals surface area (Å²) in [6.07, 6.45) is 2.21. The summed E-state index contributed by atoms with van der Waals surface area (Å²) in [5.74, 6) is 2.03. The highest BCUT2D eigenvalue weighted by molar-refractivity contribution is 9.09. The van der Waals surface area contributed by atoms with E-state index < -0.39 is 0 Å². The van der Waals surface area contributed by atoms with E-state index in [2.05, 4.69) is 29.8 Å². The quantitative estimate of drug-likeness (QED) is 0.663. The van der Waals surface area contributed by atoms with E-state index in [9.17, 15) is 0 Å². The zero-order chi connectivity index (χ0) is 13.7. The molecule has 2 unspecified atom stereocenters. The number of hydrogen-bond acceptors (Lipinski definition) is 2. The Kier molecular flexibility index (Phi) is 6.30. The first kappa shape index (κ1) is 15.6. The first-order chi connectivity index (χ1) is 8.53. The third-order valence-electron chi connectivity index (χ3n) is 3.15. The van der Waals surface area contributed by atoms with Gasteiger partial charge < -0.3 is 9.47 Å². The van der Waals surface area contributed by atoms with E-state index in [-0.39, 0.29) is 4.83 Å². The van der Waals surface area contributed by atoms with E-state index >= 15 is 0 Å². The average Bonchev–Trinajstić information content (AvgIpc) is 2.37. The molecule has 1 rings (SSSR count). The standard InChI is InChI=1S/C14H20BrClO2/c1-5-9(2)6-11(15)10-7-13(17-3)14(18-4)8-12(10)16/h7-9,11H,5-6H2,1-4H3. The summed E-state index contributed by atoms with van der Waals surface area (Å²) in [6, 6.07) is 3.75. The molecule has 4 heteroatoms. The van der Waals surface area contributed by atoms with Gasteiger partial charge >= 0.3 is 0 Å². The minimum atomic E-state index is 0.236. The van der Waals surface area contributed by atoms with Gasteiger partial charge in [-0.05, 0) is 24.0 Å². The lowest BCUT2D eigenvalue weighted by Crippen LogP contribution is -2.01. The fraction of sp³-hybridized carbons (Fsp3) is 0.571. The molecule has 0 saturated heterocycles. The molecule has 0 aromatic heterocycles. The van der Waals surface area contributed by atoms with Gasteiger partial charge in [-0.25, -0.2) is 0 Å². The zero-order valence-electron chi connectivity index (χ0n) is 11.3. The number of rotatable bonds is 6. The second-order valence-electron chi connectivity index (χ2n) is 4.45. The molecule has 0 bridgehead atoms. The predicted octanol–water partition coefficient (Wildman–Crippen LogP) is 5.23. The number of methoxy groups -OCH3 is 2. The molecule has 2 nitrogen and oxygen atoms in total. The Balaban J connectivity index is 3.01. The van der Waals surface area contributed by atoms with Crippen molar-refractivity contribution in [2.45, 2.75) is 31.5 Å². The van der Waals surface area contributed by atoms with Crippen molar-refractivity contribution in [2.24, 2.45) is 5.92 Å². The lowest BCUT2D eigenvalue weighted by Gasteiger charge is -2.18. The third-order valence-corrected chi connectivity index (χ3v) is 4.34. The number of halogens is 2. The minimum Gasteiger partial charge on any atom is -0.493 e. The number of hydrogen-bond donors (Lipinski definition) is 0. The molecule has 0 N–H and O–H groups in total. The Morgan fingerprint density at radius 1 is 1.22 bits per heavy atom. The van der Waals surface area contributed by atoms with Gasteiger partial charge in [-0.15, -0.1) is 0 Å². The number of alkyl halides is 1. The normalized spacial score (nSPS) is 14.1. The summed E-state index contributed by atoms with van der Waals surface area (Å²) < 4.78 is 10.5. The molecule has 0 aliphatic rings. The highest BCUT2D eigenvalue weighted by Gasteiger charge is 2.17. The monoisotopic (exact) mass is 334 g/mol. The van der Waals surface area contributed by atoms with Crippen LogP contribution in [0.1, 0.15) is 37.1 Å². The largest absolute Gasteiger partial charge is 0.493 e. The van der Waals surface area contributed by atoms with Crippen LogP contribution in [-0.2, 0) is 0 Å². The van der Waals surface area contributed by atoms with Crippen molar-refractivity contribution < 1.29 is 9.47 Å². The summed E-state index contributed by atoms with van der Waals surface area (Å²) in [5.41, 5.74) is 1.05. The maximum Gasteiger partial charge on any atom is 0.162 e. The fourth-order valence-corrected chi connectivity index (χ4v) is 3.19. The Morgan fingerprint density at radius 2 is 1.78 bits per heavy atom. The van der Waals surface area contributed by atoms with Crippen LogP contribution in [0.25, 0.3) is 0 Å². The predicted molar refractivity (Wildman–Crippen MR) is 80.3 cm³/mol. The number of ether oxygens (including phenoxy) is 2. The lowest BCUT2D eigenvalue weighted by molar-refractivity contribution is 0.354. The van der Waals surface area contributed by atoms with Gasteiger partial charge in [0.2, 0.25) is 0 Å². The van der Waals surface area contributed by atoms with Crippen molar-refractivity contribution >= 4 is 27.5 Å². The molecule has 0 spiro atoms. The van der Waals surface area contributed by atoms with Crippen molar-refractivity contribution in [3.8, 4) is 11.5 Å². The van der Waals surface area contributed by atoms with Crippen LogP contribution in [0.4, 0.5) is 0 Å². The van der Waals surface area contributed by atoms with Crippen molar-refractivity contribution in [2.75, 3.05) is 14.2 Å². The molecule has 0 fully saturated rings. The molecule has 2 atom stereocenters. The first-order valence-electron chi connectivity index (χ1n) is 6.08. The van der Waals surface area contributed by atoms with Crippen LogP contribution >= 0.6 is 27.5 Å². The van der Waals surface area contributed by atoms with E-state index in [0.29, 0.717) is 22.4 Å². The summed E-state index contributed by atoms with van der Waals surface area (Å²) in [7, 11) is 3.24. The van der Waals surface area contributed by atoms with Gasteiger partial charge in [0.1, 0.15) is 0 Å². The van der Waals surface area contributed by atoms with Crippen LogP contribution in [0.15, 0.2) is 12.1 Å². The first-order valence-corrected chi connectivity index (χ1v) is 7.38. The molecular formula is C14H20BrClO2. The van der Waals surface area contributed by atoms with Gasteiger partial charge in [-0.1, -0.05) is 47.8 Å². The smallest absolute Gasteiger partial charge is 0.162 e. The van der Waals surface area contributed by atoms with Crippen molar-refractivity contribution in [3.63, 3.8) is 0 Å². The molecule has 102 valence electrons. The van der Waals surface area contributed by atoms with Crippen LogP contribution in [-0.4, -0.2) is 14.2 Å². The molecule has 1 aromatic rings. The third kappa shape index (κ3) is 3.79. The molecule has 0 aliphatic heterocycles. The molecule has 0 radical (unpaired) electrons.